The summed E-state index contributed by atoms with van der Waals surface area (Å²) < 4.78 is 8.36. The number of benzene rings is 7. The smallest absolute Gasteiger partial charge is 0.208 e. The molecule has 1 atom stereocenters. The molecule has 0 amide bonds. The van der Waals surface area contributed by atoms with Gasteiger partial charge < -0.3 is 34.5 Å². The Kier molecular flexibility index (Phi) is 5.71. The number of aromatic hydroxyl groups is 5. The van der Waals surface area contributed by atoms with Crippen molar-refractivity contribution in [3.05, 3.63) is 120 Å². The van der Waals surface area contributed by atoms with Gasteiger partial charge in [-0.05, 0) is 47.8 Å². The number of furan rings is 1. The van der Waals surface area contributed by atoms with Gasteiger partial charge in [-0.25, -0.2) is 0 Å². The number of para-hydroxylation sites is 2. The zero-order chi connectivity index (χ0) is 32.8. The Labute approximate surface area is 271 Å². The summed E-state index contributed by atoms with van der Waals surface area (Å²) in [5.41, 5.74) is 3.71. The number of fused-ring (bicyclic) bond motifs is 9. The molecule has 5 N–H and O–H groups in total. The third-order valence-corrected chi connectivity index (χ3v) is 9.51. The zero-order valence-electron chi connectivity index (χ0n) is 25.2. The summed E-state index contributed by atoms with van der Waals surface area (Å²) in [5.74, 6) is -4.54. The van der Waals surface area contributed by atoms with Gasteiger partial charge in [0, 0.05) is 43.4 Å². The molecule has 0 radical (unpaired) electrons. The second-order valence-corrected chi connectivity index (χ2v) is 12.0. The number of aromatic nitrogens is 1. The number of aliphatic imine (C=N–C) groups is 1. The number of nitrogens with zero attached hydrogens (tertiary/aromatic N) is 2. The molecule has 7 aromatic carbocycles. The summed E-state index contributed by atoms with van der Waals surface area (Å²) in [4.78, 5) is 4.44. The van der Waals surface area contributed by atoms with E-state index in [9.17, 15) is 25.5 Å². The lowest BCUT2D eigenvalue weighted by molar-refractivity contribution is 0.321. The lowest BCUT2D eigenvalue weighted by Crippen LogP contribution is -2.13. The number of rotatable bonds is 4. The van der Waals surface area contributed by atoms with E-state index in [0.717, 1.165) is 59.7 Å². The summed E-state index contributed by atoms with van der Waals surface area (Å²) in [6.45, 7) is 3.88. The Morgan fingerprint density at radius 3 is 1.96 bits per heavy atom. The molecule has 0 fully saturated rings. The van der Waals surface area contributed by atoms with Gasteiger partial charge in [-0.15, -0.1) is 0 Å². The minimum absolute atomic E-state index is 0.229. The predicted molar refractivity (Wildman–Crippen MR) is 189 cm³/mol. The van der Waals surface area contributed by atoms with Crippen molar-refractivity contribution in [3.63, 3.8) is 0 Å². The molecule has 0 aliphatic rings. The summed E-state index contributed by atoms with van der Waals surface area (Å²) in [6, 6.07) is 34.2. The third-order valence-electron chi connectivity index (χ3n) is 9.51. The molecular weight excluding hydrogens is 604 g/mol. The average Bonchev–Trinajstić information content (AvgIpc) is 3.66. The molecule has 0 aliphatic carbocycles. The summed E-state index contributed by atoms with van der Waals surface area (Å²) >= 11 is 0. The number of phenols is 5. The first-order valence-electron chi connectivity index (χ1n) is 15.3. The van der Waals surface area contributed by atoms with Gasteiger partial charge in [0.15, 0.2) is 11.5 Å². The largest absolute Gasteiger partial charge is 0.504 e. The van der Waals surface area contributed by atoms with Gasteiger partial charge in [0.05, 0.1) is 22.8 Å². The maximum atomic E-state index is 11.5. The second kappa shape index (κ2) is 9.91. The van der Waals surface area contributed by atoms with Crippen LogP contribution in [0.1, 0.15) is 17.2 Å². The highest BCUT2D eigenvalue weighted by atomic mass is 16.4. The molecule has 2 heterocycles. The van der Waals surface area contributed by atoms with E-state index in [-0.39, 0.29) is 5.56 Å². The van der Waals surface area contributed by atoms with Crippen molar-refractivity contribution >= 4 is 77.7 Å². The molecule has 232 valence electrons. The fraction of sp³-hybridized carbons (Fsp3) is 0.0250. The molecule has 0 spiro atoms. The van der Waals surface area contributed by atoms with E-state index in [4.69, 9.17) is 4.42 Å². The number of hydrogen-bond acceptors (Lipinski definition) is 7. The van der Waals surface area contributed by atoms with E-state index in [0.29, 0.717) is 16.8 Å². The Morgan fingerprint density at radius 1 is 0.542 bits per heavy atom. The highest BCUT2D eigenvalue weighted by Gasteiger charge is 2.34. The van der Waals surface area contributed by atoms with Crippen LogP contribution >= 0.6 is 0 Å². The molecule has 0 aliphatic heterocycles. The summed E-state index contributed by atoms with van der Waals surface area (Å²) in [5, 5.41) is 62.2. The van der Waals surface area contributed by atoms with Crippen molar-refractivity contribution in [2.24, 2.45) is 4.99 Å². The minimum atomic E-state index is -1.10. The van der Waals surface area contributed by atoms with Crippen LogP contribution in [0.15, 0.2) is 119 Å². The second-order valence-electron chi connectivity index (χ2n) is 12.0. The average molecular weight is 631 g/mol. The van der Waals surface area contributed by atoms with Crippen LogP contribution in [0.25, 0.3) is 65.3 Å². The number of phenolic OH excluding ortho intramolecular Hbond substituents is 5. The van der Waals surface area contributed by atoms with E-state index >= 15 is 0 Å². The fourth-order valence-electron chi connectivity index (χ4n) is 7.33. The van der Waals surface area contributed by atoms with E-state index in [1.807, 2.05) is 95.6 Å². The molecule has 9 rings (SSSR count). The van der Waals surface area contributed by atoms with E-state index < -0.39 is 34.8 Å². The van der Waals surface area contributed by atoms with Crippen LogP contribution in [0.2, 0.25) is 0 Å². The summed E-state index contributed by atoms with van der Waals surface area (Å²) in [7, 11) is 0. The molecule has 0 saturated carbocycles. The first kappa shape index (κ1) is 27.6. The van der Waals surface area contributed by atoms with E-state index in [1.165, 1.54) is 0 Å². The quantitative estimate of drug-likeness (QED) is 0.0748. The van der Waals surface area contributed by atoms with Crippen molar-refractivity contribution in [3.8, 4) is 28.7 Å². The van der Waals surface area contributed by atoms with Crippen molar-refractivity contribution in [2.45, 2.75) is 6.04 Å². The zero-order valence-corrected chi connectivity index (χ0v) is 25.2. The molecule has 48 heavy (non-hydrogen) atoms. The summed E-state index contributed by atoms with van der Waals surface area (Å²) in [6.07, 6.45) is 0. The first-order valence-corrected chi connectivity index (χ1v) is 15.3. The van der Waals surface area contributed by atoms with E-state index in [2.05, 4.69) is 29.9 Å². The molecule has 9 aromatic rings. The van der Waals surface area contributed by atoms with Gasteiger partial charge in [-0.1, -0.05) is 78.9 Å². The van der Waals surface area contributed by atoms with Gasteiger partial charge >= 0.3 is 0 Å². The Bertz CT molecular complexity index is 2800. The van der Waals surface area contributed by atoms with E-state index in [1.54, 1.807) is 0 Å². The molecule has 0 bridgehead atoms. The van der Waals surface area contributed by atoms with Crippen LogP contribution in [0.4, 0.5) is 5.69 Å². The highest BCUT2D eigenvalue weighted by molar-refractivity contribution is 6.20. The molecule has 1 unspecified atom stereocenters. The Hall–Kier alpha value is -6.67. The van der Waals surface area contributed by atoms with Crippen LogP contribution in [0.3, 0.4) is 0 Å². The topological polar surface area (TPSA) is 132 Å². The highest BCUT2D eigenvalue weighted by Crippen LogP contribution is 2.56. The maximum absolute atomic E-state index is 11.5. The molecule has 8 heteroatoms. The van der Waals surface area contributed by atoms with Gasteiger partial charge in [0.2, 0.25) is 17.2 Å². The standard InChI is InChI=1S/C40H26N2O6/c1-41-33-22-9-3-2-8-20(22)14-17-26(33)34(32-35(43)37(45)39(47)38(46)36(32)44)42-29-12-6-4-10-23(29)28-18-21-15-16-25-24-11-5-7-13-31(24)48-40(25)27(21)19-30(28)42/h2-19,34,43-47H,1H2. The van der Waals surface area contributed by atoms with Crippen molar-refractivity contribution in [1.82, 2.24) is 4.57 Å². The lowest BCUT2D eigenvalue weighted by Gasteiger charge is -2.27. The maximum Gasteiger partial charge on any atom is 0.208 e. The van der Waals surface area contributed by atoms with Gasteiger partial charge in [0.1, 0.15) is 11.2 Å². The van der Waals surface area contributed by atoms with Gasteiger partial charge in [0.25, 0.3) is 0 Å². The van der Waals surface area contributed by atoms with Crippen molar-refractivity contribution in [2.75, 3.05) is 0 Å². The van der Waals surface area contributed by atoms with Crippen LogP contribution < -0.4 is 0 Å². The predicted octanol–water partition coefficient (Wildman–Crippen LogP) is 9.50. The van der Waals surface area contributed by atoms with Crippen molar-refractivity contribution in [1.29, 1.82) is 0 Å². The Morgan fingerprint density at radius 2 is 1.19 bits per heavy atom. The lowest BCUT2D eigenvalue weighted by atomic mass is 9.91. The minimum Gasteiger partial charge on any atom is -0.504 e. The molecule has 2 aromatic heterocycles. The fourth-order valence-corrected chi connectivity index (χ4v) is 7.33. The van der Waals surface area contributed by atoms with Crippen LogP contribution in [0, 0.1) is 0 Å². The van der Waals surface area contributed by atoms with Gasteiger partial charge in [-0.2, -0.15) is 0 Å². The van der Waals surface area contributed by atoms with Crippen LogP contribution in [0.5, 0.6) is 28.7 Å². The van der Waals surface area contributed by atoms with Gasteiger partial charge in [-0.3, -0.25) is 4.99 Å². The molecule has 0 saturated heterocycles. The van der Waals surface area contributed by atoms with Crippen LogP contribution in [-0.4, -0.2) is 36.8 Å². The Balaban J connectivity index is 1.49. The third kappa shape index (κ3) is 3.62. The molecular formula is C40H26N2O6. The van der Waals surface area contributed by atoms with Crippen LogP contribution in [-0.2, 0) is 0 Å². The van der Waals surface area contributed by atoms with Crippen molar-refractivity contribution < 1.29 is 29.9 Å². The molecule has 8 nitrogen and oxygen atoms in total. The monoisotopic (exact) mass is 630 g/mol. The SMILES string of the molecule is C=Nc1c(C(c2c(O)c(O)c(O)c(O)c2O)n2c3ccccc3c3cc4ccc5c6ccccc6oc5c4cc32)ccc2ccccc12. The first-order chi connectivity index (χ1) is 23.4. The normalized spacial score (nSPS) is 12.6. The number of hydrogen-bond donors (Lipinski definition) is 5.